The maximum absolute atomic E-state index is 5.32. The van der Waals surface area contributed by atoms with Gasteiger partial charge in [-0.15, -0.1) is 0 Å². The van der Waals surface area contributed by atoms with Crippen LogP contribution in [0, 0.1) is 0 Å². The van der Waals surface area contributed by atoms with Crippen LogP contribution in [0.25, 0.3) is 11.0 Å². The van der Waals surface area contributed by atoms with Gasteiger partial charge in [-0.25, -0.2) is 4.68 Å². The Morgan fingerprint density at radius 3 is 2.32 bits per heavy atom. The number of para-hydroxylation sites is 1. The van der Waals surface area contributed by atoms with E-state index in [0.717, 1.165) is 79.9 Å². The number of benzene rings is 2. The van der Waals surface area contributed by atoms with Gasteiger partial charge < -0.3 is 19.4 Å². The van der Waals surface area contributed by atoms with Crippen LogP contribution in [0.5, 0.6) is 5.75 Å². The topological polar surface area (TPSA) is 62.6 Å². The molecule has 4 aromatic rings. The van der Waals surface area contributed by atoms with Crippen molar-refractivity contribution in [2.75, 3.05) is 54.5 Å². The fourth-order valence-electron chi connectivity index (χ4n) is 5.00. The van der Waals surface area contributed by atoms with Crippen LogP contribution >= 0.6 is 0 Å². The first-order chi connectivity index (χ1) is 16.7. The Labute approximate surface area is 199 Å². The zero-order chi connectivity index (χ0) is 23.1. The summed E-state index contributed by atoms with van der Waals surface area (Å²) < 4.78 is 7.23. The molecule has 0 aliphatic carbocycles. The molecule has 1 fully saturated rings. The van der Waals surface area contributed by atoms with Crippen LogP contribution in [-0.2, 0) is 20.0 Å². The summed E-state index contributed by atoms with van der Waals surface area (Å²) in [7, 11) is 3.68. The molecule has 6 rings (SSSR count). The first-order valence-electron chi connectivity index (χ1n) is 11.9. The number of aryl methyl sites for hydroxylation is 1. The number of anilines is 3. The normalized spacial score (nSPS) is 15.8. The van der Waals surface area contributed by atoms with Gasteiger partial charge in [-0.1, -0.05) is 30.3 Å². The quantitative estimate of drug-likeness (QED) is 0.458. The summed E-state index contributed by atoms with van der Waals surface area (Å²) in [5.41, 5.74) is 4.52. The lowest BCUT2D eigenvalue weighted by atomic mass is 10.1. The molecule has 0 saturated carbocycles. The van der Waals surface area contributed by atoms with Crippen molar-refractivity contribution < 1.29 is 4.74 Å². The molecule has 0 N–H and O–H groups in total. The predicted molar refractivity (Wildman–Crippen MR) is 135 cm³/mol. The van der Waals surface area contributed by atoms with Crippen molar-refractivity contribution in [3.05, 3.63) is 65.9 Å². The van der Waals surface area contributed by atoms with Crippen LogP contribution in [0.1, 0.15) is 11.3 Å². The Bertz CT molecular complexity index is 1290. The Balaban J connectivity index is 1.29. The van der Waals surface area contributed by atoms with Gasteiger partial charge >= 0.3 is 0 Å². The molecule has 1 saturated heterocycles. The van der Waals surface area contributed by atoms with Gasteiger partial charge in [-0.2, -0.15) is 15.1 Å². The minimum atomic E-state index is 0.797. The molecule has 0 bridgehead atoms. The van der Waals surface area contributed by atoms with Crippen LogP contribution in [0.2, 0.25) is 0 Å². The minimum absolute atomic E-state index is 0.797. The van der Waals surface area contributed by atoms with Crippen LogP contribution < -0.4 is 19.4 Å². The first kappa shape index (κ1) is 20.8. The molecule has 34 heavy (non-hydrogen) atoms. The van der Waals surface area contributed by atoms with E-state index in [1.54, 1.807) is 7.11 Å². The second kappa shape index (κ2) is 8.52. The van der Waals surface area contributed by atoms with E-state index in [4.69, 9.17) is 19.8 Å². The van der Waals surface area contributed by atoms with Crippen LogP contribution in [0.3, 0.4) is 0 Å². The van der Waals surface area contributed by atoms with E-state index >= 15 is 0 Å². The molecule has 2 aliphatic heterocycles. The van der Waals surface area contributed by atoms with Gasteiger partial charge in [-0.05, 0) is 29.8 Å². The second-order valence-electron chi connectivity index (χ2n) is 8.95. The monoisotopic (exact) mass is 455 g/mol. The van der Waals surface area contributed by atoms with Gasteiger partial charge in [0.05, 0.1) is 18.2 Å². The summed E-state index contributed by atoms with van der Waals surface area (Å²) in [6, 6.07) is 18.9. The van der Waals surface area contributed by atoms with Gasteiger partial charge in [-0.3, -0.25) is 0 Å². The van der Waals surface area contributed by atoms with Crippen LogP contribution in [0.4, 0.5) is 17.5 Å². The lowest BCUT2D eigenvalue weighted by Crippen LogP contribution is -2.47. The van der Waals surface area contributed by atoms with Gasteiger partial charge in [0.1, 0.15) is 11.6 Å². The number of piperazine rings is 1. The zero-order valence-corrected chi connectivity index (χ0v) is 19.7. The SMILES string of the molecule is COc1ccc(CN2CCc3nn(C)c4nc(N5CCN(c6ccccc6)CC5)nc2c34)cc1. The Kier molecular flexibility index (Phi) is 5.20. The van der Waals surface area contributed by atoms with E-state index in [2.05, 4.69) is 57.2 Å². The lowest BCUT2D eigenvalue weighted by molar-refractivity contribution is 0.414. The van der Waals surface area contributed by atoms with Crippen molar-refractivity contribution >= 4 is 28.5 Å². The summed E-state index contributed by atoms with van der Waals surface area (Å²) in [6.45, 7) is 5.38. The van der Waals surface area contributed by atoms with Gasteiger partial charge in [0.2, 0.25) is 5.95 Å². The predicted octanol–water partition coefficient (Wildman–Crippen LogP) is 3.26. The fraction of sp³-hybridized carbons (Fsp3) is 0.346. The largest absolute Gasteiger partial charge is 0.497 e. The number of hydrogen-bond acceptors (Lipinski definition) is 7. The molecular weight excluding hydrogens is 426 g/mol. The minimum Gasteiger partial charge on any atom is -0.497 e. The molecule has 0 unspecified atom stereocenters. The molecule has 2 aromatic carbocycles. The average Bonchev–Trinajstić information content (AvgIpc) is 3.22. The van der Waals surface area contributed by atoms with Crippen LogP contribution in [-0.4, -0.2) is 59.6 Å². The molecule has 0 radical (unpaired) electrons. The number of ether oxygens (including phenoxy) is 1. The van der Waals surface area contributed by atoms with E-state index in [-0.39, 0.29) is 0 Å². The van der Waals surface area contributed by atoms with Gasteiger partial charge in [0.25, 0.3) is 0 Å². The Hall–Kier alpha value is -3.81. The maximum atomic E-state index is 5.32. The molecule has 8 nitrogen and oxygen atoms in total. The maximum Gasteiger partial charge on any atom is 0.229 e. The van der Waals surface area contributed by atoms with Crippen LogP contribution in [0.15, 0.2) is 54.6 Å². The fourth-order valence-corrected chi connectivity index (χ4v) is 5.00. The van der Waals surface area contributed by atoms with E-state index in [0.29, 0.717) is 0 Å². The summed E-state index contributed by atoms with van der Waals surface area (Å²) in [5.74, 6) is 2.67. The summed E-state index contributed by atoms with van der Waals surface area (Å²) in [6.07, 6.45) is 0.902. The lowest BCUT2D eigenvalue weighted by Gasteiger charge is -2.36. The summed E-state index contributed by atoms with van der Waals surface area (Å²) in [4.78, 5) is 17.2. The Morgan fingerprint density at radius 2 is 1.59 bits per heavy atom. The van der Waals surface area contributed by atoms with E-state index < -0.39 is 0 Å². The number of rotatable bonds is 5. The number of nitrogens with zero attached hydrogens (tertiary/aromatic N) is 7. The Morgan fingerprint density at radius 1 is 0.853 bits per heavy atom. The van der Waals surface area contributed by atoms with Crippen molar-refractivity contribution in [3.8, 4) is 5.75 Å². The van der Waals surface area contributed by atoms with Crippen molar-refractivity contribution in [2.45, 2.75) is 13.0 Å². The molecule has 0 spiro atoms. The average molecular weight is 456 g/mol. The summed E-state index contributed by atoms with van der Waals surface area (Å²) in [5, 5.41) is 5.86. The molecule has 2 aliphatic rings. The standard InChI is InChI=1S/C26H29N7O/c1-30-24-23-22(29-30)12-13-33(18-19-8-10-21(34-2)11-9-19)25(23)28-26(27-24)32-16-14-31(15-17-32)20-6-4-3-5-7-20/h3-11H,12-18H2,1-2H3. The number of hydrogen-bond donors (Lipinski definition) is 0. The molecule has 2 aromatic heterocycles. The van der Waals surface area contributed by atoms with E-state index in [1.165, 1.54) is 11.3 Å². The van der Waals surface area contributed by atoms with E-state index in [1.807, 2.05) is 23.9 Å². The third-order valence-corrected chi connectivity index (χ3v) is 6.86. The third-order valence-electron chi connectivity index (χ3n) is 6.86. The molecule has 4 heterocycles. The van der Waals surface area contributed by atoms with Gasteiger partial charge in [0, 0.05) is 58.4 Å². The van der Waals surface area contributed by atoms with Crippen molar-refractivity contribution in [2.24, 2.45) is 7.05 Å². The first-order valence-corrected chi connectivity index (χ1v) is 11.9. The van der Waals surface area contributed by atoms with Crippen molar-refractivity contribution in [1.82, 2.24) is 19.7 Å². The highest BCUT2D eigenvalue weighted by molar-refractivity contribution is 5.92. The molecule has 174 valence electrons. The zero-order valence-electron chi connectivity index (χ0n) is 19.7. The highest BCUT2D eigenvalue weighted by Gasteiger charge is 2.28. The number of methoxy groups -OCH3 is 1. The molecule has 0 atom stereocenters. The molecular formula is C26H29N7O. The highest BCUT2D eigenvalue weighted by atomic mass is 16.5. The summed E-state index contributed by atoms with van der Waals surface area (Å²) >= 11 is 0. The molecule has 8 heteroatoms. The second-order valence-corrected chi connectivity index (χ2v) is 8.95. The number of aromatic nitrogens is 4. The van der Waals surface area contributed by atoms with E-state index in [9.17, 15) is 0 Å². The van der Waals surface area contributed by atoms with Crippen molar-refractivity contribution in [3.63, 3.8) is 0 Å². The molecule has 0 amide bonds. The van der Waals surface area contributed by atoms with Gasteiger partial charge in [0.15, 0.2) is 5.65 Å². The van der Waals surface area contributed by atoms with Crippen molar-refractivity contribution in [1.29, 1.82) is 0 Å². The highest BCUT2D eigenvalue weighted by Crippen LogP contribution is 2.34. The smallest absolute Gasteiger partial charge is 0.229 e. The third kappa shape index (κ3) is 3.69.